The fourth-order valence-corrected chi connectivity index (χ4v) is 3.17. The van der Waals surface area contributed by atoms with Crippen molar-refractivity contribution in [3.05, 3.63) is 59.7 Å². The molecule has 0 aromatic heterocycles. The van der Waals surface area contributed by atoms with E-state index in [1.165, 1.54) is 18.2 Å². The number of carbonyl (C=O) groups is 1. The van der Waals surface area contributed by atoms with Crippen LogP contribution in [-0.4, -0.2) is 36.2 Å². The molecule has 1 aliphatic heterocycles. The Hall–Kier alpha value is -2.33. The quantitative estimate of drug-likeness (QED) is 0.829. The summed E-state index contributed by atoms with van der Waals surface area (Å²) < 4.78 is 5.65. The number of benzene rings is 2. The molecule has 0 saturated carbocycles. The van der Waals surface area contributed by atoms with Gasteiger partial charge in [-0.25, -0.2) is 0 Å². The van der Waals surface area contributed by atoms with E-state index in [0.29, 0.717) is 23.9 Å². The Bertz CT molecular complexity index is 711. The SMILES string of the molecule is CC(=O)c1ccc(OCC(O)CN2c3ccccc3CC2C)cc1. The number of nitrogens with zero attached hydrogens (tertiary/aromatic N) is 1. The van der Waals surface area contributed by atoms with Gasteiger partial charge >= 0.3 is 0 Å². The predicted octanol–water partition coefficient (Wildman–Crippen LogP) is 3.08. The van der Waals surface area contributed by atoms with Gasteiger partial charge in [0.25, 0.3) is 0 Å². The van der Waals surface area contributed by atoms with Crippen molar-refractivity contribution in [3.8, 4) is 5.75 Å². The summed E-state index contributed by atoms with van der Waals surface area (Å²) in [5.74, 6) is 0.692. The topological polar surface area (TPSA) is 49.8 Å². The van der Waals surface area contributed by atoms with Crippen molar-refractivity contribution in [2.24, 2.45) is 0 Å². The molecule has 2 aromatic carbocycles. The smallest absolute Gasteiger partial charge is 0.159 e. The summed E-state index contributed by atoms with van der Waals surface area (Å²) in [5.41, 5.74) is 3.19. The zero-order valence-corrected chi connectivity index (χ0v) is 14.1. The van der Waals surface area contributed by atoms with Gasteiger partial charge in [-0.05, 0) is 56.2 Å². The minimum atomic E-state index is -0.578. The number of hydrogen-bond donors (Lipinski definition) is 1. The van der Waals surface area contributed by atoms with Gasteiger partial charge in [-0.2, -0.15) is 0 Å². The number of ketones is 1. The molecule has 0 amide bonds. The van der Waals surface area contributed by atoms with Crippen LogP contribution in [0.1, 0.15) is 29.8 Å². The van der Waals surface area contributed by atoms with Gasteiger partial charge in [0.1, 0.15) is 18.5 Å². The third-order valence-corrected chi connectivity index (χ3v) is 4.46. The molecule has 1 N–H and O–H groups in total. The monoisotopic (exact) mass is 325 g/mol. The molecule has 0 spiro atoms. The maximum absolute atomic E-state index is 11.3. The first-order valence-corrected chi connectivity index (χ1v) is 8.31. The molecule has 3 rings (SSSR count). The third kappa shape index (κ3) is 3.60. The Kier molecular flexibility index (Phi) is 4.86. The zero-order valence-electron chi connectivity index (χ0n) is 14.1. The number of aliphatic hydroxyl groups excluding tert-OH is 1. The van der Waals surface area contributed by atoms with E-state index >= 15 is 0 Å². The minimum Gasteiger partial charge on any atom is -0.491 e. The second kappa shape index (κ2) is 7.05. The van der Waals surface area contributed by atoms with Crippen molar-refractivity contribution >= 4 is 11.5 Å². The molecule has 1 aliphatic rings. The zero-order chi connectivity index (χ0) is 17.1. The van der Waals surface area contributed by atoms with Crippen LogP contribution < -0.4 is 9.64 Å². The van der Waals surface area contributed by atoms with Crippen LogP contribution in [-0.2, 0) is 6.42 Å². The second-order valence-electron chi connectivity index (χ2n) is 6.38. The van der Waals surface area contributed by atoms with E-state index in [9.17, 15) is 9.90 Å². The number of ether oxygens (including phenoxy) is 1. The van der Waals surface area contributed by atoms with Gasteiger partial charge < -0.3 is 14.7 Å². The van der Waals surface area contributed by atoms with E-state index in [1.807, 2.05) is 6.07 Å². The molecule has 2 unspecified atom stereocenters. The summed E-state index contributed by atoms with van der Waals surface area (Å²) in [6.45, 7) is 4.48. The maximum atomic E-state index is 11.3. The van der Waals surface area contributed by atoms with Gasteiger partial charge in [-0.3, -0.25) is 4.79 Å². The lowest BCUT2D eigenvalue weighted by Gasteiger charge is -2.27. The Labute approximate surface area is 142 Å². The molecule has 0 saturated heterocycles. The molecule has 24 heavy (non-hydrogen) atoms. The molecule has 1 heterocycles. The van der Waals surface area contributed by atoms with Crippen LogP contribution in [0.2, 0.25) is 0 Å². The summed E-state index contributed by atoms with van der Waals surface area (Å²) in [6.07, 6.45) is 0.432. The summed E-state index contributed by atoms with van der Waals surface area (Å²) in [5, 5.41) is 10.3. The highest BCUT2D eigenvalue weighted by atomic mass is 16.5. The van der Waals surface area contributed by atoms with Crippen molar-refractivity contribution in [2.45, 2.75) is 32.4 Å². The summed E-state index contributed by atoms with van der Waals surface area (Å²) in [7, 11) is 0. The standard InChI is InChI=1S/C20H23NO3/c1-14-11-17-5-3-4-6-20(17)21(14)12-18(23)13-24-19-9-7-16(8-10-19)15(2)22/h3-10,14,18,23H,11-13H2,1-2H3. The lowest BCUT2D eigenvalue weighted by atomic mass is 10.1. The van der Waals surface area contributed by atoms with Crippen LogP contribution >= 0.6 is 0 Å². The molecule has 4 nitrogen and oxygen atoms in total. The Morgan fingerprint density at radius 2 is 1.96 bits per heavy atom. The van der Waals surface area contributed by atoms with Crippen LogP contribution in [0.3, 0.4) is 0 Å². The molecular formula is C20H23NO3. The third-order valence-electron chi connectivity index (χ3n) is 4.46. The fourth-order valence-electron chi connectivity index (χ4n) is 3.17. The van der Waals surface area contributed by atoms with Crippen LogP contribution in [0.25, 0.3) is 0 Å². The second-order valence-corrected chi connectivity index (χ2v) is 6.38. The van der Waals surface area contributed by atoms with Gasteiger partial charge in [0.05, 0.1) is 0 Å². The molecule has 2 atom stereocenters. The average molecular weight is 325 g/mol. The molecule has 0 aliphatic carbocycles. The first kappa shape index (κ1) is 16.5. The molecule has 0 bridgehead atoms. The van der Waals surface area contributed by atoms with E-state index in [2.05, 4.69) is 30.0 Å². The Morgan fingerprint density at radius 3 is 2.67 bits per heavy atom. The van der Waals surface area contributed by atoms with E-state index in [0.717, 1.165) is 6.42 Å². The van der Waals surface area contributed by atoms with Gasteiger partial charge in [-0.15, -0.1) is 0 Å². The average Bonchev–Trinajstić information content (AvgIpc) is 2.89. The van der Waals surface area contributed by atoms with Gasteiger partial charge in [0, 0.05) is 23.8 Å². The van der Waals surface area contributed by atoms with Crippen LogP contribution in [0.4, 0.5) is 5.69 Å². The largest absolute Gasteiger partial charge is 0.491 e. The van der Waals surface area contributed by atoms with E-state index in [4.69, 9.17) is 4.74 Å². The molecule has 126 valence electrons. The van der Waals surface area contributed by atoms with E-state index < -0.39 is 6.10 Å². The summed E-state index contributed by atoms with van der Waals surface area (Å²) in [4.78, 5) is 13.5. The van der Waals surface area contributed by atoms with Gasteiger partial charge in [-0.1, -0.05) is 18.2 Å². The summed E-state index contributed by atoms with van der Waals surface area (Å²) in [6, 6.07) is 15.7. The predicted molar refractivity (Wildman–Crippen MR) is 94.9 cm³/mol. The molecule has 0 radical (unpaired) electrons. The van der Waals surface area contributed by atoms with E-state index in [-0.39, 0.29) is 12.4 Å². The number of para-hydroxylation sites is 1. The maximum Gasteiger partial charge on any atom is 0.159 e. The van der Waals surface area contributed by atoms with Crippen molar-refractivity contribution < 1.29 is 14.6 Å². The highest BCUT2D eigenvalue weighted by Crippen LogP contribution is 2.31. The minimum absolute atomic E-state index is 0.0308. The van der Waals surface area contributed by atoms with Crippen LogP contribution in [0.15, 0.2) is 48.5 Å². The van der Waals surface area contributed by atoms with E-state index in [1.54, 1.807) is 24.3 Å². The molecule has 0 fully saturated rings. The van der Waals surface area contributed by atoms with Gasteiger partial charge in [0.15, 0.2) is 5.78 Å². The number of carbonyl (C=O) groups excluding carboxylic acids is 1. The van der Waals surface area contributed by atoms with Crippen molar-refractivity contribution in [1.82, 2.24) is 0 Å². The fraction of sp³-hybridized carbons (Fsp3) is 0.350. The number of β-amino-alcohol motifs (C(OH)–C–C–N with tert-alkyl or cyclic N) is 1. The van der Waals surface area contributed by atoms with Crippen molar-refractivity contribution in [2.75, 3.05) is 18.1 Å². The first-order chi connectivity index (χ1) is 11.5. The highest BCUT2D eigenvalue weighted by Gasteiger charge is 2.27. The first-order valence-electron chi connectivity index (χ1n) is 8.31. The van der Waals surface area contributed by atoms with Crippen LogP contribution in [0.5, 0.6) is 5.75 Å². The number of anilines is 1. The number of hydrogen-bond acceptors (Lipinski definition) is 4. The summed E-state index contributed by atoms with van der Waals surface area (Å²) >= 11 is 0. The normalized spacial score (nSPS) is 17.5. The lowest BCUT2D eigenvalue weighted by molar-refractivity contribution is 0.101. The Morgan fingerprint density at radius 1 is 1.25 bits per heavy atom. The van der Waals surface area contributed by atoms with Gasteiger partial charge in [0.2, 0.25) is 0 Å². The van der Waals surface area contributed by atoms with Crippen LogP contribution in [0, 0.1) is 0 Å². The highest BCUT2D eigenvalue weighted by molar-refractivity contribution is 5.94. The Balaban J connectivity index is 1.56. The lowest BCUT2D eigenvalue weighted by Crippen LogP contribution is -2.39. The molecular weight excluding hydrogens is 302 g/mol. The molecule has 4 heteroatoms. The number of fused-ring (bicyclic) bond motifs is 1. The van der Waals surface area contributed by atoms with Crippen molar-refractivity contribution in [1.29, 1.82) is 0 Å². The number of rotatable bonds is 6. The number of aliphatic hydroxyl groups is 1. The number of Topliss-reactive ketones (excluding diaryl/α,β-unsaturated/α-hetero) is 1. The van der Waals surface area contributed by atoms with Crippen molar-refractivity contribution in [3.63, 3.8) is 0 Å². The molecule has 2 aromatic rings.